The minimum atomic E-state index is -5.03. The highest BCUT2D eigenvalue weighted by Crippen LogP contribution is 2.29. The number of carbonyl (C=O) groups excluding carboxylic acids is 1. The predicted octanol–water partition coefficient (Wildman–Crippen LogP) is 4.20. The fourth-order valence-electron chi connectivity index (χ4n) is 2.87. The van der Waals surface area contributed by atoms with Crippen LogP contribution in [0.4, 0.5) is 17.6 Å². The number of pyridine rings is 1. The number of benzene rings is 1. The number of methoxy groups -OCH3 is 1. The fraction of sp³-hybridized carbons (Fsp3) is 0.250. The van der Waals surface area contributed by atoms with Gasteiger partial charge in [-0.15, -0.1) is 13.2 Å². The Morgan fingerprint density at radius 2 is 2.03 bits per heavy atom. The van der Waals surface area contributed by atoms with Crippen LogP contribution in [0.3, 0.4) is 0 Å². The Kier molecular flexibility index (Phi) is 6.54. The molecule has 1 atom stereocenters. The summed E-state index contributed by atoms with van der Waals surface area (Å²) in [5.41, 5.74) is 0.985. The second kappa shape index (κ2) is 9.13. The SMILES string of the molecule is COCC(NC(=O)c1c(C)noc1-c1ccccn1)c1ccc(OC(F)(F)F)c(F)c1. The van der Waals surface area contributed by atoms with Gasteiger partial charge in [0.2, 0.25) is 0 Å². The number of halogens is 4. The largest absolute Gasteiger partial charge is 0.573 e. The predicted molar refractivity (Wildman–Crippen MR) is 99.6 cm³/mol. The van der Waals surface area contributed by atoms with Crippen LogP contribution < -0.4 is 10.1 Å². The van der Waals surface area contributed by atoms with Crippen LogP contribution in [0.1, 0.15) is 27.7 Å². The molecule has 31 heavy (non-hydrogen) atoms. The van der Waals surface area contributed by atoms with Gasteiger partial charge in [0.25, 0.3) is 5.91 Å². The third-order valence-corrected chi connectivity index (χ3v) is 4.21. The summed E-state index contributed by atoms with van der Waals surface area (Å²) in [6, 6.07) is 7.04. The van der Waals surface area contributed by atoms with Gasteiger partial charge in [-0.2, -0.15) is 0 Å². The molecule has 7 nitrogen and oxygen atoms in total. The molecule has 1 aromatic carbocycles. The Hall–Kier alpha value is -3.47. The van der Waals surface area contributed by atoms with Crippen LogP contribution in [0, 0.1) is 12.7 Å². The number of hydrogen-bond acceptors (Lipinski definition) is 6. The summed E-state index contributed by atoms with van der Waals surface area (Å²) in [4.78, 5) is 17.1. The molecule has 1 N–H and O–H groups in total. The maximum Gasteiger partial charge on any atom is 0.573 e. The molecule has 0 spiro atoms. The summed E-state index contributed by atoms with van der Waals surface area (Å²) < 4.78 is 65.2. The summed E-state index contributed by atoms with van der Waals surface area (Å²) >= 11 is 0. The molecule has 3 aromatic rings. The average molecular weight is 439 g/mol. The molecule has 0 saturated heterocycles. The molecule has 3 rings (SSSR count). The number of ether oxygens (including phenoxy) is 2. The zero-order valence-corrected chi connectivity index (χ0v) is 16.4. The first-order valence-electron chi connectivity index (χ1n) is 8.92. The molecule has 1 amide bonds. The summed E-state index contributed by atoms with van der Waals surface area (Å²) in [7, 11) is 1.36. The van der Waals surface area contributed by atoms with Gasteiger partial charge in [0, 0.05) is 13.3 Å². The van der Waals surface area contributed by atoms with Crippen molar-refractivity contribution < 1.29 is 36.4 Å². The van der Waals surface area contributed by atoms with Crippen molar-refractivity contribution in [1.29, 1.82) is 0 Å². The lowest BCUT2D eigenvalue weighted by Gasteiger charge is -2.19. The van der Waals surface area contributed by atoms with Gasteiger partial charge in [0.15, 0.2) is 17.3 Å². The van der Waals surface area contributed by atoms with E-state index in [-0.39, 0.29) is 23.5 Å². The van der Waals surface area contributed by atoms with Crippen LogP contribution in [-0.2, 0) is 4.74 Å². The van der Waals surface area contributed by atoms with Crippen molar-refractivity contribution in [2.24, 2.45) is 0 Å². The first-order valence-corrected chi connectivity index (χ1v) is 8.92. The number of aryl methyl sites for hydroxylation is 1. The maximum atomic E-state index is 14.1. The van der Waals surface area contributed by atoms with Gasteiger partial charge in [-0.3, -0.25) is 9.78 Å². The second-order valence-corrected chi connectivity index (χ2v) is 6.41. The monoisotopic (exact) mass is 439 g/mol. The highest BCUT2D eigenvalue weighted by atomic mass is 19.4. The molecule has 2 aromatic heterocycles. The van der Waals surface area contributed by atoms with Gasteiger partial charge >= 0.3 is 6.36 Å². The lowest BCUT2D eigenvalue weighted by molar-refractivity contribution is -0.275. The Morgan fingerprint density at radius 1 is 1.26 bits per heavy atom. The van der Waals surface area contributed by atoms with E-state index in [9.17, 15) is 22.4 Å². The smallest absolute Gasteiger partial charge is 0.403 e. The number of rotatable bonds is 7. The Labute approximate surface area is 174 Å². The summed E-state index contributed by atoms with van der Waals surface area (Å²) in [6.07, 6.45) is -3.51. The van der Waals surface area contributed by atoms with E-state index < -0.39 is 29.9 Å². The van der Waals surface area contributed by atoms with E-state index in [0.29, 0.717) is 11.4 Å². The van der Waals surface area contributed by atoms with Crippen molar-refractivity contribution >= 4 is 5.91 Å². The van der Waals surface area contributed by atoms with Crippen molar-refractivity contribution in [3.05, 3.63) is 65.2 Å². The van der Waals surface area contributed by atoms with Gasteiger partial charge in [0.1, 0.15) is 11.3 Å². The standard InChI is InChI=1S/C20H17F4N3O4/c1-11-17(18(31-27-11)14-5-3-4-8-25-14)19(28)26-15(10-29-2)12-6-7-16(13(21)9-12)30-20(22,23)24/h3-9,15H,10H2,1-2H3,(H,26,28). The number of aromatic nitrogens is 2. The zero-order valence-electron chi connectivity index (χ0n) is 16.4. The average Bonchev–Trinajstić information content (AvgIpc) is 3.10. The number of amides is 1. The Morgan fingerprint density at radius 3 is 2.65 bits per heavy atom. The molecule has 1 unspecified atom stereocenters. The summed E-state index contributed by atoms with van der Waals surface area (Å²) in [6.45, 7) is 1.49. The highest BCUT2D eigenvalue weighted by Gasteiger charge is 2.33. The lowest BCUT2D eigenvalue weighted by Crippen LogP contribution is -2.32. The molecular formula is C20H17F4N3O4. The first-order chi connectivity index (χ1) is 14.7. The van der Waals surface area contributed by atoms with Crippen LogP contribution in [0.15, 0.2) is 47.1 Å². The van der Waals surface area contributed by atoms with Crippen LogP contribution in [-0.4, -0.2) is 36.1 Å². The number of nitrogens with one attached hydrogen (secondary N) is 1. The molecular weight excluding hydrogens is 422 g/mol. The topological polar surface area (TPSA) is 86.5 Å². The van der Waals surface area contributed by atoms with Gasteiger partial charge in [-0.05, 0) is 36.8 Å². The Balaban J connectivity index is 1.87. The van der Waals surface area contributed by atoms with Gasteiger partial charge < -0.3 is 19.3 Å². The van der Waals surface area contributed by atoms with Crippen LogP contribution in [0.25, 0.3) is 11.5 Å². The molecule has 0 aliphatic heterocycles. The van der Waals surface area contributed by atoms with E-state index in [0.717, 1.165) is 12.1 Å². The quantitative estimate of drug-likeness (QED) is 0.556. The van der Waals surface area contributed by atoms with Crippen LogP contribution in [0.5, 0.6) is 5.75 Å². The van der Waals surface area contributed by atoms with Crippen molar-refractivity contribution in [3.63, 3.8) is 0 Å². The van der Waals surface area contributed by atoms with E-state index in [1.807, 2.05) is 0 Å². The molecule has 0 bridgehead atoms. The minimum Gasteiger partial charge on any atom is -0.403 e. The number of alkyl halides is 3. The summed E-state index contributed by atoms with van der Waals surface area (Å²) in [5, 5.41) is 6.47. The molecule has 0 fully saturated rings. The molecule has 2 heterocycles. The fourth-order valence-corrected chi connectivity index (χ4v) is 2.87. The summed E-state index contributed by atoms with van der Waals surface area (Å²) in [5.74, 6) is -2.67. The minimum absolute atomic E-state index is 0.0755. The van der Waals surface area contributed by atoms with E-state index in [1.54, 1.807) is 25.1 Å². The van der Waals surface area contributed by atoms with Crippen LogP contribution in [0.2, 0.25) is 0 Å². The number of hydrogen-bond donors (Lipinski definition) is 1. The normalized spacial score (nSPS) is 12.5. The van der Waals surface area contributed by atoms with Crippen molar-refractivity contribution in [3.8, 4) is 17.2 Å². The first kappa shape index (κ1) is 22.2. The number of carbonyl (C=O) groups is 1. The third kappa shape index (κ3) is 5.37. The highest BCUT2D eigenvalue weighted by molar-refractivity contribution is 6.00. The van der Waals surface area contributed by atoms with Crippen molar-refractivity contribution in [2.45, 2.75) is 19.3 Å². The third-order valence-electron chi connectivity index (χ3n) is 4.21. The molecule has 0 saturated carbocycles. The Bertz CT molecular complexity index is 1050. The molecule has 11 heteroatoms. The van der Waals surface area contributed by atoms with Gasteiger partial charge in [-0.25, -0.2) is 4.39 Å². The molecule has 0 aliphatic rings. The number of nitrogens with zero attached hydrogens (tertiary/aromatic N) is 2. The van der Waals surface area contributed by atoms with Crippen LogP contribution >= 0.6 is 0 Å². The van der Waals surface area contributed by atoms with E-state index >= 15 is 0 Å². The molecule has 0 radical (unpaired) electrons. The zero-order chi connectivity index (χ0) is 22.6. The van der Waals surface area contributed by atoms with Crippen molar-refractivity contribution in [2.75, 3.05) is 13.7 Å². The maximum absolute atomic E-state index is 14.1. The van der Waals surface area contributed by atoms with E-state index in [2.05, 4.69) is 20.2 Å². The van der Waals surface area contributed by atoms with Gasteiger partial charge in [0.05, 0.1) is 18.3 Å². The van der Waals surface area contributed by atoms with Gasteiger partial charge in [-0.1, -0.05) is 17.3 Å². The lowest BCUT2D eigenvalue weighted by atomic mass is 10.1. The van der Waals surface area contributed by atoms with E-state index in [1.165, 1.54) is 19.4 Å². The van der Waals surface area contributed by atoms with Crippen molar-refractivity contribution in [1.82, 2.24) is 15.5 Å². The van der Waals surface area contributed by atoms with E-state index in [4.69, 9.17) is 9.26 Å². The second-order valence-electron chi connectivity index (χ2n) is 6.41. The molecule has 164 valence electrons. The molecule has 0 aliphatic carbocycles.